The second-order valence-corrected chi connectivity index (χ2v) is 5.55. The van der Waals surface area contributed by atoms with E-state index in [1.165, 1.54) is 0 Å². The van der Waals surface area contributed by atoms with Crippen LogP contribution in [-0.2, 0) is 0 Å². The predicted octanol–water partition coefficient (Wildman–Crippen LogP) is 1.07. The zero-order valence-electron chi connectivity index (χ0n) is 11.9. The van der Waals surface area contributed by atoms with E-state index in [-0.39, 0.29) is 11.5 Å². The maximum atomic E-state index is 5.36. The Morgan fingerprint density at radius 3 is 2.11 bits per heavy atom. The van der Waals surface area contributed by atoms with Gasteiger partial charge >= 0.3 is 0 Å². The molecule has 18 heavy (non-hydrogen) atoms. The predicted molar refractivity (Wildman–Crippen MR) is 74.5 cm³/mol. The fraction of sp³-hybridized carbons (Fsp3) is 0.727. The smallest absolute Gasteiger partial charge is 0.243 e. The van der Waals surface area contributed by atoms with Gasteiger partial charge in [0.2, 0.25) is 17.8 Å². The maximum Gasteiger partial charge on any atom is 0.243 e. The van der Waals surface area contributed by atoms with Crippen LogP contribution >= 0.6 is 0 Å². The van der Waals surface area contributed by atoms with Crippen molar-refractivity contribution in [3.05, 3.63) is 0 Å². The molecule has 1 heterocycles. The first-order valence-corrected chi connectivity index (χ1v) is 5.90. The van der Waals surface area contributed by atoms with E-state index in [4.69, 9.17) is 5.84 Å². The normalized spacial score (nSPS) is 13.1. The average Bonchev–Trinajstić information content (AvgIpc) is 2.27. The zero-order chi connectivity index (χ0) is 13.9. The second-order valence-electron chi connectivity index (χ2n) is 5.55. The lowest BCUT2D eigenvalue weighted by Crippen LogP contribution is -2.32. The number of hydrogen-bond acceptors (Lipinski definition) is 7. The maximum absolute atomic E-state index is 5.36. The van der Waals surface area contributed by atoms with Gasteiger partial charge in [-0.3, -0.25) is 5.43 Å². The number of rotatable bonds is 4. The van der Waals surface area contributed by atoms with Crippen molar-refractivity contribution in [2.24, 2.45) is 11.3 Å². The number of hydrogen-bond donors (Lipinski definition) is 3. The Kier molecular flexibility index (Phi) is 4.28. The summed E-state index contributed by atoms with van der Waals surface area (Å²) in [6.45, 7) is 8.55. The van der Waals surface area contributed by atoms with E-state index in [9.17, 15) is 0 Å². The van der Waals surface area contributed by atoms with Gasteiger partial charge in [-0.1, -0.05) is 20.8 Å². The summed E-state index contributed by atoms with van der Waals surface area (Å²) in [7, 11) is 3.74. The van der Waals surface area contributed by atoms with Gasteiger partial charge < -0.3 is 10.2 Å². The highest BCUT2D eigenvalue weighted by Crippen LogP contribution is 2.22. The minimum absolute atomic E-state index is 0.112. The number of nitrogen functional groups attached to an aromatic ring is 1. The summed E-state index contributed by atoms with van der Waals surface area (Å²) in [5.41, 5.74) is 2.56. The molecule has 102 valence electrons. The highest BCUT2D eigenvalue weighted by molar-refractivity contribution is 5.42. The largest absolute Gasteiger partial charge is 0.351 e. The number of hydrazine groups is 1. The summed E-state index contributed by atoms with van der Waals surface area (Å²) in [6.07, 6.45) is 0. The molecule has 7 nitrogen and oxygen atoms in total. The molecule has 0 aliphatic heterocycles. The summed E-state index contributed by atoms with van der Waals surface area (Å²) in [6, 6.07) is 0.223. The van der Waals surface area contributed by atoms with Gasteiger partial charge in [-0.05, 0) is 12.3 Å². The van der Waals surface area contributed by atoms with Crippen LogP contribution in [0.1, 0.15) is 27.7 Å². The van der Waals surface area contributed by atoms with Crippen molar-refractivity contribution >= 4 is 17.8 Å². The SMILES string of the molecule is CC(Nc1nc(NN)nc(N(C)C)n1)C(C)(C)C. The lowest BCUT2D eigenvalue weighted by Gasteiger charge is -2.28. The van der Waals surface area contributed by atoms with Crippen LogP contribution in [0, 0.1) is 5.41 Å². The summed E-state index contributed by atoms with van der Waals surface area (Å²) >= 11 is 0. The third kappa shape index (κ3) is 3.69. The summed E-state index contributed by atoms with van der Waals surface area (Å²) in [5.74, 6) is 6.77. The van der Waals surface area contributed by atoms with E-state index in [2.05, 4.69) is 53.4 Å². The Bertz CT molecular complexity index is 397. The van der Waals surface area contributed by atoms with Crippen LogP contribution < -0.4 is 21.5 Å². The van der Waals surface area contributed by atoms with Crippen molar-refractivity contribution in [1.82, 2.24) is 15.0 Å². The number of anilines is 3. The van der Waals surface area contributed by atoms with Gasteiger partial charge in [0.15, 0.2) is 0 Å². The molecule has 0 aliphatic carbocycles. The third-order valence-corrected chi connectivity index (χ3v) is 2.80. The van der Waals surface area contributed by atoms with Crippen LogP contribution in [0.5, 0.6) is 0 Å². The van der Waals surface area contributed by atoms with Crippen LogP contribution in [0.25, 0.3) is 0 Å². The Morgan fingerprint density at radius 1 is 1.11 bits per heavy atom. The third-order valence-electron chi connectivity index (χ3n) is 2.80. The monoisotopic (exact) mass is 253 g/mol. The van der Waals surface area contributed by atoms with Gasteiger partial charge in [-0.2, -0.15) is 15.0 Å². The minimum Gasteiger partial charge on any atom is -0.351 e. The van der Waals surface area contributed by atoms with Gasteiger partial charge in [0, 0.05) is 20.1 Å². The van der Waals surface area contributed by atoms with E-state index < -0.39 is 0 Å². The Labute approximate surface area is 108 Å². The lowest BCUT2D eigenvalue weighted by atomic mass is 9.88. The van der Waals surface area contributed by atoms with E-state index >= 15 is 0 Å². The van der Waals surface area contributed by atoms with Gasteiger partial charge in [0.25, 0.3) is 0 Å². The van der Waals surface area contributed by atoms with Gasteiger partial charge in [0.05, 0.1) is 0 Å². The number of nitrogens with two attached hydrogens (primary N) is 1. The van der Waals surface area contributed by atoms with Crippen LogP contribution in [-0.4, -0.2) is 35.1 Å². The Morgan fingerprint density at radius 2 is 1.67 bits per heavy atom. The molecule has 0 bridgehead atoms. The first-order valence-electron chi connectivity index (χ1n) is 5.90. The molecule has 0 fully saturated rings. The molecule has 1 aromatic rings. The molecular weight excluding hydrogens is 230 g/mol. The molecule has 0 radical (unpaired) electrons. The van der Waals surface area contributed by atoms with Gasteiger partial charge in [-0.15, -0.1) is 0 Å². The van der Waals surface area contributed by atoms with E-state index in [0.717, 1.165) is 0 Å². The Balaban J connectivity index is 2.98. The average molecular weight is 253 g/mol. The van der Waals surface area contributed by atoms with E-state index in [1.54, 1.807) is 4.90 Å². The topological polar surface area (TPSA) is 92.0 Å². The molecule has 0 saturated heterocycles. The van der Waals surface area contributed by atoms with Crippen LogP contribution in [0.4, 0.5) is 17.8 Å². The van der Waals surface area contributed by atoms with Crippen LogP contribution in [0.3, 0.4) is 0 Å². The quantitative estimate of drug-likeness (QED) is 0.546. The first kappa shape index (κ1) is 14.4. The lowest BCUT2D eigenvalue weighted by molar-refractivity contribution is 0.358. The molecule has 0 aliphatic rings. The molecular formula is C11H23N7. The van der Waals surface area contributed by atoms with Crippen molar-refractivity contribution in [3.63, 3.8) is 0 Å². The van der Waals surface area contributed by atoms with Gasteiger partial charge in [-0.25, -0.2) is 5.84 Å². The fourth-order valence-electron chi connectivity index (χ4n) is 1.10. The van der Waals surface area contributed by atoms with Crippen molar-refractivity contribution in [1.29, 1.82) is 0 Å². The highest BCUT2D eigenvalue weighted by Gasteiger charge is 2.21. The van der Waals surface area contributed by atoms with Gasteiger partial charge in [0.1, 0.15) is 0 Å². The molecule has 0 amide bonds. The molecule has 0 saturated carbocycles. The van der Waals surface area contributed by atoms with Crippen molar-refractivity contribution in [2.45, 2.75) is 33.7 Å². The van der Waals surface area contributed by atoms with E-state index in [0.29, 0.717) is 17.8 Å². The second kappa shape index (κ2) is 5.34. The molecule has 1 unspecified atom stereocenters. The molecule has 0 spiro atoms. The number of nitrogens with zero attached hydrogens (tertiary/aromatic N) is 4. The molecule has 4 N–H and O–H groups in total. The van der Waals surface area contributed by atoms with Crippen molar-refractivity contribution < 1.29 is 0 Å². The fourth-order valence-corrected chi connectivity index (χ4v) is 1.10. The highest BCUT2D eigenvalue weighted by atomic mass is 15.4. The van der Waals surface area contributed by atoms with Crippen LogP contribution in [0.2, 0.25) is 0 Å². The minimum atomic E-state index is 0.112. The number of aromatic nitrogens is 3. The van der Waals surface area contributed by atoms with Crippen molar-refractivity contribution in [3.8, 4) is 0 Å². The molecule has 0 aromatic carbocycles. The molecule has 1 aromatic heterocycles. The standard InChI is InChI=1S/C11H23N7/c1-7(11(2,3)4)13-8-14-9(17-12)16-10(15-8)18(5)6/h7H,12H2,1-6H3,(H2,13,14,15,16,17). The summed E-state index contributed by atoms with van der Waals surface area (Å²) in [4.78, 5) is 14.5. The number of nitrogens with one attached hydrogen (secondary N) is 2. The zero-order valence-corrected chi connectivity index (χ0v) is 11.9. The molecule has 7 heteroatoms. The van der Waals surface area contributed by atoms with E-state index in [1.807, 2.05) is 14.1 Å². The Hall–Kier alpha value is -1.63. The summed E-state index contributed by atoms with van der Waals surface area (Å²) in [5, 5.41) is 3.27. The molecule has 1 atom stereocenters. The van der Waals surface area contributed by atoms with Crippen molar-refractivity contribution in [2.75, 3.05) is 29.7 Å². The van der Waals surface area contributed by atoms with Crippen LogP contribution in [0.15, 0.2) is 0 Å². The summed E-state index contributed by atoms with van der Waals surface area (Å²) < 4.78 is 0. The first-order chi connectivity index (χ1) is 8.24. The molecule has 1 rings (SSSR count).